The molecule has 23 heavy (non-hydrogen) atoms. The minimum atomic E-state index is -0.876. The first-order chi connectivity index (χ1) is 11.0. The normalized spacial score (nSPS) is 15.0. The van der Waals surface area contributed by atoms with Gasteiger partial charge in [0, 0.05) is 17.1 Å². The molecule has 4 amide bonds. The molecule has 2 heterocycles. The number of hydrogen-bond acceptors (Lipinski definition) is 5. The number of carbonyl (C=O) groups is 3. The number of benzene rings is 1. The number of oxazole rings is 1. The zero-order chi connectivity index (χ0) is 16.6. The molecule has 8 heteroatoms. The molecule has 3 rings (SSSR count). The van der Waals surface area contributed by atoms with Gasteiger partial charge in [-0.25, -0.2) is 14.7 Å². The molecule has 0 unspecified atom stereocenters. The van der Waals surface area contributed by atoms with Gasteiger partial charge in [0.15, 0.2) is 5.76 Å². The summed E-state index contributed by atoms with van der Waals surface area (Å²) in [5.41, 5.74) is 0.724. The molecule has 0 N–H and O–H groups in total. The Hall–Kier alpha value is -2.67. The van der Waals surface area contributed by atoms with Crippen LogP contribution in [0.4, 0.5) is 4.79 Å². The van der Waals surface area contributed by atoms with Crippen LogP contribution in [0.5, 0.6) is 0 Å². The lowest BCUT2D eigenvalue weighted by atomic mass is 10.2. The predicted molar refractivity (Wildman–Crippen MR) is 80.3 cm³/mol. The van der Waals surface area contributed by atoms with Crippen molar-refractivity contribution in [3.05, 3.63) is 41.4 Å². The Morgan fingerprint density at radius 1 is 1.17 bits per heavy atom. The van der Waals surface area contributed by atoms with Gasteiger partial charge in [0.05, 0.1) is 6.20 Å². The average molecular weight is 334 g/mol. The number of nitrogens with zero attached hydrogens (tertiary/aromatic N) is 3. The molecule has 1 saturated heterocycles. The summed E-state index contributed by atoms with van der Waals surface area (Å²) >= 11 is 5.92. The number of amides is 4. The van der Waals surface area contributed by atoms with Gasteiger partial charge in [-0.3, -0.25) is 14.5 Å². The van der Waals surface area contributed by atoms with Crippen molar-refractivity contribution < 1.29 is 18.8 Å². The summed E-state index contributed by atoms with van der Waals surface area (Å²) in [6, 6.07) is 6.34. The summed E-state index contributed by atoms with van der Waals surface area (Å²) in [6.07, 6.45) is 1.48. The van der Waals surface area contributed by atoms with E-state index in [-0.39, 0.29) is 19.0 Å². The molecule has 0 aliphatic carbocycles. The summed E-state index contributed by atoms with van der Waals surface area (Å²) in [7, 11) is 0. The van der Waals surface area contributed by atoms with Gasteiger partial charge in [-0.1, -0.05) is 23.7 Å². The fourth-order valence-corrected chi connectivity index (χ4v) is 2.45. The Kier molecular flexibility index (Phi) is 3.87. The molecule has 1 aliphatic rings. The van der Waals surface area contributed by atoms with E-state index in [1.54, 1.807) is 31.2 Å². The first kappa shape index (κ1) is 15.2. The second-order valence-corrected chi connectivity index (χ2v) is 5.29. The van der Waals surface area contributed by atoms with Crippen LogP contribution in [-0.4, -0.2) is 39.2 Å². The maximum absolute atomic E-state index is 12.0. The average Bonchev–Trinajstić information content (AvgIpc) is 3.07. The highest BCUT2D eigenvalue weighted by Gasteiger charge is 2.44. The summed E-state index contributed by atoms with van der Waals surface area (Å²) in [6.45, 7) is 1.56. The number of hydrogen-bond donors (Lipinski definition) is 0. The maximum Gasteiger partial charge on any atom is 0.334 e. The fraction of sp³-hybridized carbons (Fsp3) is 0.200. The molecular weight excluding hydrogens is 322 g/mol. The Labute approximate surface area is 136 Å². The Balaban J connectivity index is 1.81. The molecule has 0 bridgehead atoms. The molecule has 0 radical (unpaired) electrons. The second-order valence-electron chi connectivity index (χ2n) is 4.85. The molecular formula is C15H12ClN3O4. The van der Waals surface area contributed by atoms with Crippen LogP contribution in [0.1, 0.15) is 12.8 Å². The lowest BCUT2D eigenvalue weighted by molar-refractivity contribution is -0.143. The van der Waals surface area contributed by atoms with Gasteiger partial charge in [0.1, 0.15) is 6.54 Å². The second kappa shape index (κ2) is 5.85. The van der Waals surface area contributed by atoms with Gasteiger partial charge in [0.2, 0.25) is 5.89 Å². The highest BCUT2D eigenvalue weighted by Crippen LogP contribution is 2.24. The zero-order valence-electron chi connectivity index (χ0n) is 12.2. The fourth-order valence-electron chi connectivity index (χ4n) is 2.26. The van der Waals surface area contributed by atoms with E-state index in [1.165, 1.54) is 6.20 Å². The monoisotopic (exact) mass is 333 g/mol. The van der Waals surface area contributed by atoms with Crippen LogP contribution in [0.2, 0.25) is 5.02 Å². The summed E-state index contributed by atoms with van der Waals surface area (Å²) in [5, 5.41) is 0.550. The van der Waals surface area contributed by atoms with Crippen LogP contribution in [0.25, 0.3) is 11.3 Å². The largest absolute Gasteiger partial charge is 0.439 e. The van der Waals surface area contributed by atoms with E-state index in [0.717, 1.165) is 15.4 Å². The van der Waals surface area contributed by atoms with E-state index in [1.807, 2.05) is 0 Å². The number of imide groups is 2. The number of likely N-dealkylation sites (N-methyl/N-ethyl adjacent to an activating group) is 1. The van der Waals surface area contributed by atoms with Gasteiger partial charge in [-0.2, -0.15) is 0 Å². The van der Waals surface area contributed by atoms with Crippen LogP contribution in [0, 0.1) is 0 Å². The van der Waals surface area contributed by atoms with Crippen molar-refractivity contribution in [2.75, 3.05) is 6.54 Å². The summed E-state index contributed by atoms with van der Waals surface area (Å²) < 4.78 is 5.54. The van der Waals surface area contributed by atoms with Crippen molar-refractivity contribution in [3.63, 3.8) is 0 Å². The molecule has 1 aromatic carbocycles. The quantitative estimate of drug-likeness (QED) is 0.633. The van der Waals surface area contributed by atoms with Crippen LogP contribution < -0.4 is 0 Å². The Bertz CT molecular complexity index is 802. The molecule has 0 spiro atoms. The molecule has 7 nitrogen and oxygen atoms in total. The first-order valence-electron chi connectivity index (χ1n) is 6.89. The molecule has 1 aliphatic heterocycles. The van der Waals surface area contributed by atoms with Gasteiger partial charge < -0.3 is 4.42 Å². The van der Waals surface area contributed by atoms with Gasteiger partial charge in [0.25, 0.3) is 0 Å². The van der Waals surface area contributed by atoms with Crippen LogP contribution >= 0.6 is 11.6 Å². The van der Waals surface area contributed by atoms with Crippen molar-refractivity contribution in [1.82, 2.24) is 14.8 Å². The Morgan fingerprint density at radius 2 is 1.91 bits per heavy atom. The third kappa shape index (κ3) is 2.70. The number of halogens is 1. The summed E-state index contributed by atoms with van der Waals surface area (Å²) in [5.74, 6) is -1.09. The molecule has 1 aromatic heterocycles. The van der Waals surface area contributed by atoms with Crippen LogP contribution in [-0.2, 0) is 16.1 Å². The van der Waals surface area contributed by atoms with Crippen molar-refractivity contribution in [1.29, 1.82) is 0 Å². The van der Waals surface area contributed by atoms with Crippen molar-refractivity contribution in [2.24, 2.45) is 0 Å². The summed E-state index contributed by atoms with van der Waals surface area (Å²) in [4.78, 5) is 41.2. The lowest BCUT2D eigenvalue weighted by Crippen LogP contribution is -2.32. The molecule has 2 aromatic rings. The molecule has 0 atom stereocenters. The smallest absolute Gasteiger partial charge is 0.334 e. The highest BCUT2D eigenvalue weighted by atomic mass is 35.5. The van der Waals surface area contributed by atoms with Gasteiger partial charge in [-0.15, -0.1) is 0 Å². The standard InChI is InChI=1S/C15H12ClN3O4/c1-2-18-13(20)14(21)19(15(18)22)8-12-17-7-11(23-12)9-4-3-5-10(16)6-9/h3-7H,2,8H2,1H3. The van der Waals surface area contributed by atoms with Gasteiger partial charge >= 0.3 is 17.8 Å². The zero-order valence-corrected chi connectivity index (χ0v) is 12.9. The SMILES string of the molecule is CCN1C(=O)C(=O)N(Cc2ncc(-c3cccc(Cl)c3)o2)C1=O. The number of rotatable bonds is 4. The van der Waals surface area contributed by atoms with Crippen LogP contribution in [0.3, 0.4) is 0 Å². The third-order valence-electron chi connectivity index (χ3n) is 3.41. The van der Waals surface area contributed by atoms with E-state index in [2.05, 4.69) is 4.98 Å². The van der Waals surface area contributed by atoms with E-state index < -0.39 is 17.8 Å². The maximum atomic E-state index is 12.0. The van der Waals surface area contributed by atoms with E-state index >= 15 is 0 Å². The molecule has 1 fully saturated rings. The first-order valence-corrected chi connectivity index (χ1v) is 7.27. The highest BCUT2D eigenvalue weighted by molar-refractivity contribution is 6.44. The van der Waals surface area contributed by atoms with Crippen molar-refractivity contribution >= 4 is 29.4 Å². The lowest BCUT2D eigenvalue weighted by Gasteiger charge is -2.11. The number of urea groups is 1. The van der Waals surface area contributed by atoms with Crippen LogP contribution in [0.15, 0.2) is 34.9 Å². The molecule has 118 valence electrons. The topological polar surface area (TPSA) is 83.7 Å². The van der Waals surface area contributed by atoms with E-state index in [4.69, 9.17) is 16.0 Å². The third-order valence-corrected chi connectivity index (χ3v) is 3.64. The van der Waals surface area contributed by atoms with Crippen molar-refractivity contribution in [3.8, 4) is 11.3 Å². The van der Waals surface area contributed by atoms with Gasteiger partial charge in [-0.05, 0) is 19.1 Å². The van der Waals surface area contributed by atoms with E-state index in [9.17, 15) is 14.4 Å². The minimum absolute atomic E-state index is 0.138. The molecule has 0 saturated carbocycles. The number of carbonyl (C=O) groups excluding carboxylic acids is 3. The number of aromatic nitrogens is 1. The predicted octanol–water partition coefficient (Wildman–Crippen LogP) is 2.31. The van der Waals surface area contributed by atoms with E-state index in [0.29, 0.717) is 10.8 Å². The Morgan fingerprint density at radius 3 is 2.57 bits per heavy atom. The minimum Gasteiger partial charge on any atom is -0.439 e. The van der Waals surface area contributed by atoms with Crippen molar-refractivity contribution in [2.45, 2.75) is 13.5 Å².